The Hall–Kier alpha value is -0.960. The molecule has 14 heavy (non-hydrogen) atoms. The molecule has 1 aliphatic rings. The van der Waals surface area contributed by atoms with Gasteiger partial charge in [0.1, 0.15) is 11.8 Å². The van der Waals surface area contributed by atoms with E-state index in [9.17, 15) is 0 Å². The minimum Gasteiger partial charge on any atom is -0.391 e. The predicted octanol–water partition coefficient (Wildman–Crippen LogP) is 2.54. The Kier molecular flexibility index (Phi) is 2.77. The molecule has 0 amide bonds. The van der Waals surface area contributed by atoms with Crippen LogP contribution in [0.4, 0.5) is 0 Å². The van der Waals surface area contributed by atoms with E-state index in [-0.39, 0.29) is 6.10 Å². The fourth-order valence-electron chi connectivity index (χ4n) is 1.60. The number of oxime groups is 1. The smallest absolute Gasteiger partial charge is 0.142 e. The van der Waals surface area contributed by atoms with Gasteiger partial charge in [0.25, 0.3) is 0 Å². The number of benzene rings is 1. The molecule has 2 atom stereocenters. The minimum absolute atomic E-state index is 0.181. The molecule has 0 N–H and O–H groups in total. The van der Waals surface area contributed by atoms with Crippen molar-refractivity contribution >= 4 is 17.5 Å². The summed E-state index contributed by atoms with van der Waals surface area (Å²) in [6.45, 7) is 2.06. The number of hydrogen-bond acceptors (Lipinski definition) is 3. The van der Waals surface area contributed by atoms with Crippen LogP contribution in [0, 0.1) is 0 Å². The summed E-state index contributed by atoms with van der Waals surface area (Å²) >= 11 is 1.79. The Morgan fingerprint density at radius 1 is 1.29 bits per heavy atom. The van der Waals surface area contributed by atoms with Gasteiger partial charge >= 0.3 is 0 Å². The molecule has 3 heteroatoms. The zero-order valence-electron chi connectivity index (χ0n) is 8.31. The maximum absolute atomic E-state index is 5.29. The summed E-state index contributed by atoms with van der Waals surface area (Å²) < 4.78 is 0. The van der Waals surface area contributed by atoms with Crippen molar-refractivity contribution in [1.29, 1.82) is 0 Å². The van der Waals surface area contributed by atoms with Crippen LogP contribution in [0.2, 0.25) is 0 Å². The minimum atomic E-state index is 0.181. The molecule has 1 aliphatic heterocycles. The lowest BCUT2D eigenvalue weighted by molar-refractivity contribution is 0.102. The predicted molar refractivity (Wildman–Crippen MR) is 60.8 cm³/mol. The van der Waals surface area contributed by atoms with Crippen molar-refractivity contribution in [2.75, 3.05) is 6.26 Å². The maximum Gasteiger partial charge on any atom is 0.142 e. The summed E-state index contributed by atoms with van der Waals surface area (Å²) in [7, 11) is 0. The summed E-state index contributed by atoms with van der Waals surface area (Å²) in [4.78, 5) is 5.29. The lowest BCUT2D eigenvalue weighted by Crippen LogP contribution is -2.23. The molecule has 0 saturated heterocycles. The van der Waals surface area contributed by atoms with Gasteiger partial charge in [0.15, 0.2) is 0 Å². The van der Waals surface area contributed by atoms with Gasteiger partial charge < -0.3 is 4.84 Å². The molecule has 0 radical (unpaired) electrons. The summed E-state index contributed by atoms with van der Waals surface area (Å²) in [6.07, 6.45) is 2.27. The number of nitrogens with zero attached hydrogens (tertiary/aromatic N) is 1. The SMILES string of the molecule is CS[C@@H]1C(c2ccccc2)=NO[C@H]1C. The Labute approximate surface area is 88.3 Å². The van der Waals surface area contributed by atoms with Crippen molar-refractivity contribution in [2.24, 2.45) is 5.16 Å². The third kappa shape index (κ3) is 1.64. The third-order valence-corrected chi connectivity index (χ3v) is 3.45. The second-order valence-electron chi connectivity index (χ2n) is 3.31. The van der Waals surface area contributed by atoms with Crippen molar-refractivity contribution in [1.82, 2.24) is 0 Å². The summed E-state index contributed by atoms with van der Waals surface area (Å²) in [5, 5.41) is 4.49. The Morgan fingerprint density at radius 3 is 2.64 bits per heavy atom. The van der Waals surface area contributed by atoms with E-state index in [4.69, 9.17) is 4.84 Å². The summed E-state index contributed by atoms with van der Waals surface area (Å²) in [5.74, 6) is 0. The van der Waals surface area contributed by atoms with Crippen LogP contribution < -0.4 is 0 Å². The highest BCUT2D eigenvalue weighted by Crippen LogP contribution is 2.25. The highest BCUT2D eigenvalue weighted by Gasteiger charge is 2.30. The van der Waals surface area contributed by atoms with Gasteiger partial charge in [-0.25, -0.2) is 0 Å². The van der Waals surface area contributed by atoms with Gasteiger partial charge in [-0.1, -0.05) is 35.5 Å². The molecule has 0 bridgehead atoms. The first-order valence-electron chi connectivity index (χ1n) is 4.65. The normalized spacial score (nSPS) is 25.7. The van der Waals surface area contributed by atoms with E-state index in [1.54, 1.807) is 11.8 Å². The van der Waals surface area contributed by atoms with Gasteiger partial charge in [0.2, 0.25) is 0 Å². The molecule has 2 rings (SSSR count). The first kappa shape index (κ1) is 9.59. The first-order valence-corrected chi connectivity index (χ1v) is 5.93. The van der Waals surface area contributed by atoms with Crippen molar-refractivity contribution in [3.05, 3.63) is 35.9 Å². The Morgan fingerprint density at radius 2 is 2.00 bits per heavy atom. The highest BCUT2D eigenvalue weighted by atomic mass is 32.2. The van der Waals surface area contributed by atoms with Crippen LogP contribution in [0.1, 0.15) is 12.5 Å². The lowest BCUT2D eigenvalue weighted by Gasteiger charge is -2.11. The molecule has 0 unspecified atom stereocenters. The largest absolute Gasteiger partial charge is 0.391 e. The maximum atomic E-state index is 5.29. The first-order chi connectivity index (χ1) is 6.83. The van der Waals surface area contributed by atoms with Crippen LogP contribution in [0.5, 0.6) is 0 Å². The van der Waals surface area contributed by atoms with Gasteiger partial charge in [0.05, 0.1) is 5.25 Å². The van der Waals surface area contributed by atoms with E-state index >= 15 is 0 Å². The third-order valence-electron chi connectivity index (χ3n) is 2.34. The molecule has 74 valence electrons. The van der Waals surface area contributed by atoms with Crippen LogP contribution in [-0.2, 0) is 4.84 Å². The highest BCUT2D eigenvalue weighted by molar-refractivity contribution is 8.00. The molecule has 0 aliphatic carbocycles. The van der Waals surface area contributed by atoms with Crippen molar-refractivity contribution in [3.63, 3.8) is 0 Å². The van der Waals surface area contributed by atoms with Gasteiger partial charge in [-0.2, -0.15) is 11.8 Å². The quantitative estimate of drug-likeness (QED) is 0.743. The summed E-state index contributed by atoms with van der Waals surface area (Å²) in [5.41, 5.74) is 2.22. The van der Waals surface area contributed by atoms with Gasteiger partial charge in [-0.3, -0.25) is 0 Å². The number of thioether (sulfide) groups is 1. The van der Waals surface area contributed by atoms with Gasteiger partial charge in [0, 0.05) is 5.56 Å². The van der Waals surface area contributed by atoms with Crippen LogP contribution in [0.15, 0.2) is 35.5 Å². The average Bonchev–Trinajstić information content (AvgIpc) is 2.61. The number of hydrogen-bond donors (Lipinski definition) is 0. The van der Waals surface area contributed by atoms with Gasteiger partial charge in [-0.05, 0) is 13.2 Å². The molecule has 1 aromatic carbocycles. The monoisotopic (exact) mass is 207 g/mol. The molecule has 0 aromatic heterocycles. The Balaban J connectivity index is 2.28. The van der Waals surface area contributed by atoms with E-state index in [1.807, 2.05) is 18.2 Å². The van der Waals surface area contributed by atoms with E-state index < -0.39 is 0 Å². The topological polar surface area (TPSA) is 21.6 Å². The van der Waals surface area contributed by atoms with Gasteiger partial charge in [-0.15, -0.1) is 0 Å². The molecule has 1 aromatic rings. The average molecular weight is 207 g/mol. The number of rotatable bonds is 2. The second kappa shape index (κ2) is 4.05. The molecule has 0 fully saturated rings. The second-order valence-corrected chi connectivity index (χ2v) is 4.29. The van der Waals surface area contributed by atoms with E-state index in [0.717, 1.165) is 11.3 Å². The van der Waals surface area contributed by atoms with Crippen molar-refractivity contribution in [3.8, 4) is 0 Å². The van der Waals surface area contributed by atoms with Crippen molar-refractivity contribution < 1.29 is 4.84 Å². The van der Waals surface area contributed by atoms with Crippen LogP contribution in [0.3, 0.4) is 0 Å². The van der Waals surface area contributed by atoms with E-state index in [2.05, 4.69) is 30.5 Å². The lowest BCUT2D eigenvalue weighted by atomic mass is 10.1. The van der Waals surface area contributed by atoms with Crippen LogP contribution in [-0.4, -0.2) is 23.3 Å². The fourth-order valence-corrected chi connectivity index (χ4v) is 2.43. The molecule has 0 saturated carbocycles. The van der Waals surface area contributed by atoms with E-state index in [0.29, 0.717) is 5.25 Å². The molecule has 0 spiro atoms. The zero-order valence-corrected chi connectivity index (χ0v) is 9.12. The summed E-state index contributed by atoms with van der Waals surface area (Å²) in [6, 6.07) is 10.2. The molecule has 1 heterocycles. The standard InChI is InChI=1S/C11H13NOS/c1-8-11(14-2)10(12-13-8)9-6-4-3-5-7-9/h3-8,11H,1-2H3/t8-,11-/m0/s1. The molecular formula is C11H13NOS. The fraction of sp³-hybridized carbons (Fsp3) is 0.364. The zero-order chi connectivity index (χ0) is 9.97. The van der Waals surface area contributed by atoms with Crippen molar-refractivity contribution in [2.45, 2.75) is 18.3 Å². The molecule has 2 nitrogen and oxygen atoms in total. The van der Waals surface area contributed by atoms with E-state index in [1.165, 1.54) is 0 Å². The Bertz CT molecular complexity index is 336. The van der Waals surface area contributed by atoms with Crippen LogP contribution in [0.25, 0.3) is 0 Å². The molecular weight excluding hydrogens is 194 g/mol. The van der Waals surface area contributed by atoms with Crippen LogP contribution >= 0.6 is 11.8 Å².